The van der Waals surface area contributed by atoms with Crippen molar-refractivity contribution in [3.63, 3.8) is 0 Å². The molecule has 0 aromatic heterocycles. The molecule has 5 nitrogen and oxygen atoms in total. The molecule has 0 spiro atoms. The Kier molecular flexibility index (Phi) is 3.74. The fourth-order valence-electron chi connectivity index (χ4n) is 2.04. The van der Waals surface area contributed by atoms with Crippen LogP contribution in [0.25, 0.3) is 0 Å². The molecule has 1 aromatic carbocycles. The number of benzene rings is 1. The van der Waals surface area contributed by atoms with Crippen molar-refractivity contribution in [2.24, 2.45) is 0 Å². The largest absolute Gasteiger partial charge is 0.480 e. The van der Waals surface area contributed by atoms with Gasteiger partial charge in [-0.3, -0.25) is 4.79 Å². The summed E-state index contributed by atoms with van der Waals surface area (Å²) in [5.41, 5.74) is 0. The molecule has 0 unspecified atom stereocenters. The van der Waals surface area contributed by atoms with Gasteiger partial charge in [-0.05, 0) is 31.0 Å². The van der Waals surface area contributed by atoms with Crippen molar-refractivity contribution in [3.05, 3.63) is 28.7 Å². The summed E-state index contributed by atoms with van der Waals surface area (Å²) < 4.78 is 26.4. The van der Waals surface area contributed by atoms with Crippen LogP contribution in [0.2, 0.25) is 0 Å². The van der Waals surface area contributed by atoms with Gasteiger partial charge in [-0.15, -0.1) is 0 Å². The molecule has 0 radical (unpaired) electrons. The van der Waals surface area contributed by atoms with Crippen molar-refractivity contribution >= 4 is 31.9 Å². The van der Waals surface area contributed by atoms with E-state index in [0.717, 1.165) is 4.31 Å². The quantitative estimate of drug-likeness (QED) is 0.913. The highest BCUT2D eigenvalue weighted by Crippen LogP contribution is 2.27. The number of nitrogens with zero attached hydrogens (tertiary/aromatic N) is 1. The standard InChI is InChI=1S/C11H12BrNO4S/c12-8-3-1-4-9(7-8)18(16,17)13-6-2-5-10(13)11(14)15/h1,3-4,7,10H,2,5-6H2,(H,14,15)/t10-/m0/s1. The molecular weight excluding hydrogens is 322 g/mol. The van der Waals surface area contributed by atoms with Crippen LogP contribution >= 0.6 is 15.9 Å². The molecule has 18 heavy (non-hydrogen) atoms. The van der Waals surface area contributed by atoms with E-state index in [9.17, 15) is 13.2 Å². The van der Waals surface area contributed by atoms with Crippen molar-refractivity contribution in [2.75, 3.05) is 6.54 Å². The Morgan fingerprint density at radius 3 is 2.78 bits per heavy atom. The summed E-state index contributed by atoms with van der Waals surface area (Å²) in [6.07, 6.45) is 0.937. The molecule has 1 heterocycles. The highest BCUT2D eigenvalue weighted by Gasteiger charge is 2.39. The number of rotatable bonds is 3. The predicted octanol–water partition coefficient (Wildman–Crippen LogP) is 1.69. The van der Waals surface area contributed by atoms with Gasteiger partial charge in [0.05, 0.1) is 4.90 Å². The van der Waals surface area contributed by atoms with E-state index in [4.69, 9.17) is 5.11 Å². The summed E-state index contributed by atoms with van der Waals surface area (Å²) in [4.78, 5) is 11.2. The summed E-state index contributed by atoms with van der Waals surface area (Å²) in [6, 6.07) is 5.33. The maximum Gasteiger partial charge on any atom is 0.322 e. The Morgan fingerprint density at radius 2 is 2.17 bits per heavy atom. The second kappa shape index (κ2) is 4.99. The first-order valence-electron chi connectivity index (χ1n) is 5.43. The zero-order valence-electron chi connectivity index (χ0n) is 9.41. The summed E-state index contributed by atoms with van der Waals surface area (Å²) in [6.45, 7) is 0.256. The minimum atomic E-state index is -3.73. The van der Waals surface area contributed by atoms with Crippen molar-refractivity contribution < 1.29 is 18.3 Å². The van der Waals surface area contributed by atoms with Crippen LogP contribution in [0.3, 0.4) is 0 Å². The Balaban J connectivity index is 2.40. The lowest BCUT2D eigenvalue weighted by atomic mass is 10.2. The smallest absolute Gasteiger partial charge is 0.322 e. The molecule has 1 aliphatic rings. The van der Waals surface area contributed by atoms with Crippen LogP contribution in [-0.4, -0.2) is 36.4 Å². The van der Waals surface area contributed by atoms with Gasteiger partial charge in [-0.1, -0.05) is 22.0 Å². The van der Waals surface area contributed by atoms with Crippen LogP contribution < -0.4 is 0 Å². The third kappa shape index (κ3) is 2.43. The van der Waals surface area contributed by atoms with Gasteiger partial charge in [0, 0.05) is 11.0 Å². The number of halogens is 1. The van der Waals surface area contributed by atoms with E-state index in [-0.39, 0.29) is 11.4 Å². The van der Waals surface area contributed by atoms with Crippen molar-refractivity contribution in [1.29, 1.82) is 0 Å². The third-order valence-corrected chi connectivity index (χ3v) is 5.29. The second-order valence-electron chi connectivity index (χ2n) is 4.07. The highest BCUT2D eigenvalue weighted by molar-refractivity contribution is 9.10. The predicted molar refractivity (Wildman–Crippen MR) is 68.7 cm³/mol. The van der Waals surface area contributed by atoms with Gasteiger partial charge in [0.15, 0.2) is 0 Å². The monoisotopic (exact) mass is 333 g/mol. The number of aliphatic carboxylic acids is 1. The highest BCUT2D eigenvalue weighted by atomic mass is 79.9. The van der Waals surface area contributed by atoms with E-state index < -0.39 is 22.0 Å². The minimum absolute atomic E-state index is 0.116. The molecule has 1 fully saturated rings. The first-order valence-corrected chi connectivity index (χ1v) is 7.66. The maximum absolute atomic E-state index is 12.3. The van der Waals surface area contributed by atoms with Crippen molar-refractivity contribution in [3.8, 4) is 0 Å². The lowest BCUT2D eigenvalue weighted by Crippen LogP contribution is -2.40. The fourth-order valence-corrected chi connectivity index (χ4v) is 4.29. The summed E-state index contributed by atoms with van der Waals surface area (Å²) in [7, 11) is -3.73. The van der Waals surface area contributed by atoms with Gasteiger partial charge in [0.1, 0.15) is 6.04 Å². The normalized spacial score (nSPS) is 21.1. The van der Waals surface area contributed by atoms with E-state index in [2.05, 4.69) is 15.9 Å². The molecule has 1 aromatic rings. The maximum atomic E-state index is 12.3. The molecular formula is C11H12BrNO4S. The van der Waals surface area contributed by atoms with Gasteiger partial charge >= 0.3 is 5.97 Å². The SMILES string of the molecule is O=C(O)[C@@H]1CCCN1S(=O)(=O)c1cccc(Br)c1. The molecule has 0 amide bonds. The van der Waals surface area contributed by atoms with E-state index >= 15 is 0 Å². The van der Waals surface area contributed by atoms with Gasteiger partial charge < -0.3 is 5.11 Å². The zero-order chi connectivity index (χ0) is 13.3. The summed E-state index contributed by atoms with van der Waals surface area (Å²) >= 11 is 3.21. The van der Waals surface area contributed by atoms with E-state index in [0.29, 0.717) is 17.3 Å². The van der Waals surface area contributed by atoms with Crippen LogP contribution in [0, 0.1) is 0 Å². The number of carboxylic acid groups (broad SMARTS) is 1. The molecule has 0 aliphatic carbocycles. The Labute approximate surface area is 114 Å². The van der Waals surface area contributed by atoms with E-state index in [1.807, 2.05) is 0 Å². The Bertz CT molecular complexity index is 572. The average Bonchev–Trinajstić information content (AvgIpc) is 2.78. The molecule has 0 bridgehead atoms. The van der Waals surface area contributed by atoms with Crippen LogP contribution in [0.5, 0.6) is 0 Å². The molecule has 7 heteroatoms. The van der Waals surface area contributed by atoms with Gasteiger partial charge in [-0.25, -0.2) is 8.42 Å². The number of hydrogen-bond acceptors (Lipinski definition) is 3. The van der Waals surface area contributed by atoms with E-state index in [1.165, 1.54) is 12.1 Å². The lowest BCUT2D eigenvalue weighted by molar-refractivity contribution is -0.140. The lowest BCUT2D eigenvalue weighted by Gasteiger charge is -2.20. The average molecular weight is 334 g/mol. The first-order chi connectivity index (χ1) is 8.43. The van der Waals surface area contributed by atoms with Crippen molar-refractivity contribution in [1.82, 2.24) is 4.31 Å². The van der Waals surface area contributed by atoms with Crippen LogP contribution in [0.4, 0.5) is 0 Å². The number of hydrogen-bond donors (Lipinski definition) is 1. The molecule has 1 N–H and O–H groups in total. The molecule has 1 atom stereocenters. The van der Waals surface area contributed by atoms with Crippen LogP contribution in [-0.2, 0) is 14.8 Å². The van der Waals surface area contributed by atoms with Gasteiger partial charge in [0.2, 0.25) is 10.0 Å². The van der Waals surface area contributed by atoms with E-state index in [1.54, 1.807) is 12.1 Å². The Morgan fingerprint density at radius 1 is 1.44 bits per heavy atom. The molecule has 98 valence electrons. The molecule has 0 saturated carbocycles. The third-order valence-electron chi connectivity index (χ3n) is 2.89. The van der Waals surface area contributed by atoms with Gasteiger partial charge in [0.25, 0.3) is 0 Å². The molecule has 2 rings (SSSR count). The Hall–Kier alpha value is -0.920. The van der Waals surface area contributed by atoms with Gasteiger partial charge in [-0.2, -0.15) is 4.31 Å². The molecule has 1 saturated heterocycles. The summed E-state index contributed by atoms with van der Waals surface area (Å²) in [5, 5.41) is 9.03. The number of sulfonamides is 1. The van der Waals surface area contributed by atoms with Crippen molar-refractivity contribution in [2.45, 2.75) is 23.8 Å². The minimum Gasteiger partial charge on any atom is -0.480 e. The van der Waals surface area contributed by atoms with Crippen LogP contribution in [0.1, 0.15) is 12.8 Å². The fraction of sp³-hybridized carbons (Fsp3) is 0.364. The first kappa shape index (κ1) is 13.5. The topological polar surface area (TPSA) is 74.7 Å². The van der Waals surface area contributed by atoms with Crippen LogP contribution in [0.15, 0.2) is 33.6 Å². The molecule has 1 aliphatic heterocycles. The summed E-state index contributed by atoms with van der Waals surface area (Å²) in [5.74, 6) is -1.09. The number of carbonyl (C=O) groups is 1. The number of carboxylic acids is 1. The second-order valence-corrected chi connectivity index (χ2v) is 6.88. The zero-order valence-corrected chi connectivity index (χ0v) is 11.8.